The average Bonchev–Trinajstić information content (AvgIpc) is 2.26. The van der Waals surface area contributed by atoms with Gasteiger partial charge in [-0.1, -0.05) is 13.8 Å². The first-order chi connectivity index (χ1) is 7.13. The summed E-state index contributed by atoms with van der Waals surface area (Å²) in [5, 5.41) is 0.548. The highest BCUT2D eigenvalue weighted by Gasteiger charge is 2.08. The molecule has 1 rings (SSSR count). The Balaban J connectivity index is 2.50. The Hall–Kier alpha value is -0.830. The third-order valence-electron chi connectivity index (χ3n) is 2.31. The van der Waals surface area contributed by atoms with Gasteiger partial charge in [0.1, 0.15) is 0 Å². The highest BCUT2D eigenvalue weighted by molar-refractivity contribution is 8.00. The van der Waals surface area contributed by atoms with Gasteiger partial charge in [-0.15, -0.1) is 0 Å². The van der Waals surface area contributed by atoms with Gasteiger partial charge >= 0.3 is 0 Å². The minimum absolute atomic E-state index is 0.174. The summed E-state index contributed by atoms with van der Waals surface area (Å²) in [4.78, 5) is 15.8. The molecule has 0 bridgehead atoms. The number of ketones is 1. The normalized spacial score (nSPS) is 12.5. The van der Waals surface area contributed by atoms with Crippen molar-refractivity contribution in [2.75, 3.05) is 5.75 Å². The van der Waals surface area contributed by atoms with Gasteiger partial charge < -0.3 is 0 Å². The molecule has 1 unspecified atom stereocenters. The van der Waals surface area contributed by atoms with Crippen molar-refractivity contribution in [3.8, 4) is 0 Å². The standard InChI is InChI=1S/C12H17NOS/c1-4-10(3)15-8-12(14)11-6-5-9(2)13-7-11/h5-7,10H,4,8H2,1-3H3. The molecule has 0 aliphatic carbocycles. The number of hydrogen-bond acceptors (Lipinski definition) is 3. The van der Waals surface area contributed by atoms with E-state index in [1.165, 1.54) is 0 Å². The van der Waals surface area contributed by atoms with Crippen molar-refractivity contribution in [1.29, 1.82) is 0 Å². The summed E-state index contributed by atoms with van der Waals surface area (Å²) in [7, 11) is 0. The lowest BCUT2D eigenvalue weighted by atomic mass is 10.2. The van der Waals surface area contributed by atoms with Crippen molar-refractivity contribution in [2.24, 2.45) is 0 Å². The molecule has 2 nitrogen and oxygen atoms in total. The highest BCUT2D eigenvalue weighted by Crippen LogP contribution is 2.15. The van der Waals surface area contributed by atoms with Crippen LogP contribution in [-0.4, -0.2) is 21.8 Å². The zero-order chi connectivity index (χ0) is 11.3. The van der Waals surface area contributed by atoms with Crippen molar-refractivity contribution in [1.82, 2.24) is 4.98 Å². The van der Waals surface area contributed by atoms with Crippen LogP contribution in [0.2, 0.25) is 0 Å². The zero-order valence-corrected chi connectivity index (χ0v) is 10.3. The highest BCUT2D eigenvalue weighted by atomic mass is 32.2. The molecule has 0 saturated heterocycles. The molecule has 0 spiro atoms. The number of nitrogens with zero attached hydrogens (tertiary/aromatic N) is 1. The van der Waals surface area contributed by atoms with Gasteiger partial charge in [-0.25, -0.2) is 0 Å². The van der Waals surface area contributed by atoms with E-state index < -0.39 is 0 Å². The maximum Gasteiger partial charge on any atom is 0.174 e. The largest absolute Gasteiger partial charge is 0.293 e. The van der Waals surface area contributed by atoms with Crippen LogP contribution >= 0.6 is 11.8 Å². The van der Waals surface area contributed by atoms with E-state index in [9.17, 15) is 4.79 Å². The summed E-state index contributed by atoms with van der Waals surface area (Å²) in [5.74, 6) is 0.729. The lowest BCUT2D eigenvalue weighted by Gasteiger charge is -2.06. The smallest absolute Gasteiger partial charge is 0.174 e. The molecule has 15 heavy (non-hydrogen) atoms. The fourth-order valence-corrected chi connectivity index (χ4v) is 1.89. The summed E-state index contributed by atoms with van der Waals surface area (Å²) < 4.78 is 0. The van der Waals surface area contributed by atoms with E-state index in [1.54, 1.807) is 18.0 Å². The Kier molecular flexibility index (Phi) is 4.82. The topological polar surface area (TPSA) is 30.0 Å². The van der Waals surface area contributed by atoms with Gasteiger partial charge in [0.05, 0.1) is 5.75 Å². The molecule has 0 aliphatic heterocycles. The molecule has 3 heteroatoms. The van der Waals surface area contributed by atoms with Crippen molar-refractivity contribution < 1.29 is 4.79 Å². The summed E-state index contributed by atoms with van der Waals surface area (Å²) in [6.45, 7) is 6.20. The molecule has 82 valence electrons. The van der Waals surface area contributed by atoms with Crippen molar-refractivity contribution >= 4 is 17.5 Å². The SMILES string of the molecule is CCC(C)SCC(=O)c1ccc(C)nc1. The maximum atomic E-state index is 11.7. The summed E-state index contributed by atoms with van der Waals surface area (Å²) in [5.41, 5.74) is 1.66. The molecular weight excluding hydrogens is 206 g/mol. The molecule has 0 aliphatic rings. The summed E-state index contributed by atoms with van der Waals surface area (Å²) >= 11 is 1.71. The quantitative estimate of drug-likeness (QED) is 0.718. The average molecular weight is 223 g/mol. The molecule has 1 atom stereocenters. The monoisotopic (exact) mass is 223 g/mol. The second-order valence-electron chi connectivity index (χ2n) is 3.64. The van der Waals surface area contributed by atoms with Crippen molar-refractivity contribution in [2.45, 2.75) is 32.4 Å². The molecule has 0 saturated carbocycles. The number of pyridine rings is 1. The van der Waals surface area contributed by atoms with E-state index in [0.717, 1.165) is 17.7 Å². The number of carbonyl (C=O) groups is 1. The van der Waals surface area contributed by atoms with Gasteiger partial charge in [0.25, 0.3) is 0 Å². The van der Waals surface area contributed by atoms with Crippen LogP contribution in [0.15, 0.2) is 18.3 Å². The number of hydrogen-bond donors (Lipinski definition) is 0. The molecule has 0 fully saturated rings. The number of rotatable bonds is 5. The summed E-state index contributed by atoms with van der Waals surface area (Å²) in [6.07, 6.45) is 2.76. The molecule has 1 aromatic rings. The molecule has 1 aromatic heterocycles. The Morgan fingerprint density at radius 2 is 2.27 bits per heavy atom. The fraction of sp³-hybridized carbons (Fsp3) is 0.500. The maximum absolute atomic E-state index is 11.7. The molecular formula is C12H17NOS. The Morgan fingerprint density at radius 1 is 1.53 bits per heavy atom. The lowest BCUT2D eigenvalue weighted by molar-refractivity contribution is 0.102. The van der Waals surface area contributed by atoms with E-state index >= 15 is 0 Å². The second-order valence-corrected chi connectivity index (χ2v) is 5.07. The third-order valence-corrected chi connectivity index (χ3v) is 3.64. The van der Waals surface area contributed by atoms with Crippen LogP contribution < -0.4 is 0 Å². The first-order valence-electron chi connectivity index (χ1n) is 5.21. The van der Waals surface area contributed by atoms with Gasteiger partial charge in [0, 0.05) is 22.7 Å². The number of thioether (sulfide) groups is 1. The number of aromatic nitrogens is 1. The van der Waals surface area contributed by atoms with E-state index in [-0.39, 0.29) is 5.78 Å². The van der Waals surface area contributed by atoms with Crippen LogP contribution in [0.3, 0.4) is 0 Å². The Morgan fingerprint density at radius 3 is 2.80 bits per heavy atom. The van der Waals surface area contributed by atoms with Gasteiger partial charge in [0.2, 0.25) is 0 Å². The van der Waals surface area contributed by atoms with Gasteiger partial charge in [-0.05, 0) is 25.5 Å². The van der Waals surface area contributed by atoms with Crippen LogP contribution in [0, 0.1) is 6.92 Å². The van der Waals surface area contributed by atoms with E-state index in [0.29, 0.717) is 11.0 Å². The molecule has 0 N–H and O–H groups in total. The van der Waals surface area contributed by atoms with Gasteiger partial charge in [-0.2, -0.15) is 11.8 Å². The van der Waals surface area contributed by atoms with E-state index in [1.807, 2.05) is 19.1 Å². The second kappa shape index (κ2) is 5.91. The summed E-state index contributed by atoms with van der Waals surface area (Å²) in [6, 6.07) is 3.73. The number of aryl methyl sites for hydroxylation is 1. The molecule has 0 radical (unpaired) electrons. The van der Waals surface area contributed by atoms with Crippen LogP contribution in [0.4, 0.5) is 0 Å². The number of carbonyl (C=O) groups excluding carboxylic acids is 1. The van der Waals surface area contributed by atoms with Crippen molar-refractivity contribution in [3.05, 3.63) is 29.6 Å². The molecule has 0 aromatic carbocycles. The Bertz CT molecular complexity index is 321. The predicted octanol–water partition coefficient (Wildman–Crippen LogP) is 3.10. The predicted molar refractivity (Wildman–Crippen MR) is 65.5 cm³/mol. The number of Topliss-reactive ketones (excluding diaryl/α,β-unsaturated/α-hetero) is 1. The lowest BCUT2D eigenvalue weighted by Crippen LogP contribution is -2.06. The van der Waals surface area contributed by atoms with Crippen LogP contribution in [0.1, 0.15) is 36.3 Å². The van der Waals surface area contributed by atoms with Gasteiger partial charge in [0.15, 0.2) is 5.78 Å². The van der Waals surface area contributed by atoms with E-state index in [4.69, 9.17) is 0 Å². The minimum Gasteiger partial charge on any atom is -0.293 e. The fourth-order valence-electron chi connectivity index (χ4n) is 1.05. The first kappa shape index (κ1) is 12.2. The Labute approximate surface area is 95.5 Å². The van der Waals surface area contributed by atoms with Gasteiger partial charge in [-0.3, -0.25) is 9.78 Å². The van der Waals surface area contributed by atoms with Crippen molar-refractivity contribution in [3.63, 3.8) is 0 Å². The minimum atomic E-state index is 0.174. The molecule has 0 amide bonds. The third kappa shape index (κ3) is 4.04. The van der Waals surface area contributed by atoms with Crippen LogP contribution in [0.25, 0.3) is 0 Å². The van der Waals surface area contributed by atoms with Crippen LogP contribution in [0.5, 0.6) is 0 Å². The van der Waals surface area contributed by atoms with E-state index in [2.05, 4.69) is 18.8 Å². The van der Waals surface area contributed by atoms with Crippen LogP contribution in [-0.2, 0) is 0 Å². The first-order valence-corrected chi connectivity index (χ1v) is 6.25. The molecule has 1 heterocycles. The zero-order valence-electron chi connectivity index (χ0n) is 9.49.